The maximum Gasteiger partial charge on any atom is 0.133 e. The number of benzene rings is 1. The number of alkyl halides is 1. The Bertz CT molecular complexity index is 263. The molecule has 0 aliphatic rings. The van der Waals surface area contributed by atoms with Gasteiger partial charge in [-0.3, -0.25) is 0 Å². The van der Waals surface area contributed by atoms with Crippen molar-refractivity contribution in [2.24, 2.45) is 5.92 Å². The Morgan fingerprint density at radius 3 is 2.69 bits per heavy atom. The lowest BCUT2D eigenvalue weighted by Crippen LogP contribution is -2.09. The van der Waals surface area contributed by atoms with E-state index in [0.29, 0.717) is 5.92 Å². The molecule has 1 aromatic rings. The normalized spacial score (nSPS) is 12.5. The SMILES string of the molecule is CC(CBr)COc1ccccc1Br. The standard InChI is InChI=1S/C10H12Br2O/c1-8(6-11)7-13-10-5-3-2-4-9(10)12/h2-5,8H,6-7H2,1H3. The van der Waals surface area contributed by atoms with Gasteiger partial charge in [0, 0.05) is 5.33 Å². The summed E-state index contributed by atoms with van der Waals surface area (Å²) in [6, 6.07) is 7.89. The molecule has 1 rings (SSSR count). The second-order valence-electron chi connectivity index (χ2n) is 3.00. The predicted molar refractivity (Wildman–Crippen MR) is 62.6 cm³/mol. The summed E-state index contributed by atoms with van der Waals surface area (Å²) in [7, 11) is 0. The predicted octanol–water partition coefficient (Wildman–Crippen LogP) is 3.86. The molecule has 13 heavy (non-hydrogen) atoms. The monoisotopic (exact) mass is 306 g/mol. The van der Waals surface area contributed by atoms with Gasteiger partial charge in [-0.1, -0.05) is 35.0 Å². The molecule has 0 saturated carbocycles. The van der Waals surface area contributed by atoms with Crippen LogP contribution in [0.15, 0.2) is 28.7 Å². The smallest absolute Gasteiger partial charge is 0.133 e. The Hall–Kier alpha value is -0.0200. The molecule has 0 aliphatic carbocycles. The lowest BCUT2D eigenvalue weighted by atomic mass is 10.2. The molecule has 1 aromatic carbocycles. The van der Waals surface area contributed by atoms with Crippen LogP contribution >= 0.6 is 31.9 Å². The van der Waals surface area contributed by atoms with Gasteiger partial charge >= 0.3 is 0 Å². The van der Waals surface area contributed by atoms with Crippen molar-refractivity contribution in [3.63, 3.8) is 0 Å². The molecule has 0 bridgehead atoms. The van der Waals surface area contributed by atoms with E-state index in [9.17, 15) is 0 Å². The van der Waals surface area contributed by atoms with Crippen molar-refractivity contribution in [1.29, 1.82) is 0 Å². The maximum absolute atomic E-state index is 5.61. The molecule has 0 fully saturated rings. The highest BCUT2D eigenvalue weighted by atomic mass is 79.9. The molecule has 0 spiro atoms. The molecule has 0 N–H and O–H groups in total. The Morgan fingerprint density at radius 1 is 1.38 bits per heavy atom. The zero-order valence-corrected chi connectivity index (χ0v) is 10.6. The van der Waals surface area contributed by atoms with E-state index < -0.39 is 0 Å². The largest absolute Gasteiger partial charge is 0.492 e. The summed E-state index contributed by atoms with van der Waals surface area (Å²) in [6.07, 6.45) is 0. The second kappa shape index (κ2) is 5.66. The third-order valence-corrected chi connectivity index (χ3v) is 3.38. The third-order valence-electron chi connectivity index (χ3n) is 1.62. The zero-order chi connectivity index (χ0) is 9.68. The fraction of sp³-hybridized carbons (Fsp3) is 0.400. The summed E-state index contributed by atoms with van der Waals surface area (Å²) in [5.41, 5.74) is 0. The summed E-state index contributed by atoms with van der Waals surface area (Å²) in [6.45, 7) is 2.89. The molecule has 0 aromatic heterocycles. The van der Waals surface area contributed by atoms with E-state index in [1.165, 1.54) is 0 Å². The Balaban J connectivity index is 2.50. The van der Waals surface area contributed by atoms with Gasteiger partial charge in [-0.25, -0.2) is 0 Å². The van der Waals surface area contributed by atoms with Gasteiger partial charge in [-0.2, -0.15) is 0 Å². The fourth-order valence-corrected chi connectivity index (χ4v) is 1.42. The van der Waals surface area contributed by atoms with Crippen molar-refractivity contribution in [3.8, 4) is 5.75 Å². The summed E-state index contributed by atoms with van der Waals surface area (Å²) in [5, 5.41) is 0.970. The van der Waals surface area contributed by atoms with Gasteiger partial charge in [0.1, 0.15) is 5.75 Å². The van der Waals surface area contributed by atoms with Crippen molar-refractivity contribution in [2.45, 2.75) is 6.92 Å². The first kappa shape index (κ1) is 11.1. The van der Waals surface area contributed by atoms with Crippen molar-refractivity contribution < 1.29 is 4.74 Å². The minimum Gasteiger partial charge on any atom is -0.492 e. The van der Waals surface area contributed by atoms with Crippen LogP contribution in [0.2, 0.25) is 0 Å². The van der Waals surface area contributed by atoms with Crippen LogP contribution in [0.3, 0.4) is 0 Å². The Labute approximate surface area is 95.7 Å². The number of rotatable bonds is 4. The van der Waals surface area contributed by atoms with Crippen molar-refractivity contribution in [1.82, 2.24) is 0 Å². The number of hydrogen-bond acceptors (Lipinski definition) is 1. The van der Waals surface area contributed by atoms with Gasteiger partial charge in [0.15, 0.2) is 0 Å². The van der Waals surface area contributed by atoms with Crippen LogP contribution < -0.4 is 4.74 Å². The fourth-order valence-electron chi connectivity index (χ4n) is 0.838. The van der Waals surface area contributed by atoms with Crippen molar-refractivity contribution >= 4 is 31.9 Å². The molecule has 3 heteroatoms. The Morgan fingerprint density at radius 2 is 2.08 bits per heavy atom. The molecular formula is C10H12Br2O. The average molecular weight is 308 g/mol. The molecule has 0 saturated heterocycles. The number of hydrogen-bond donors (Lipinski definition) is 0. The second-order valence-corrected chi connectivity index (χ2v) is 4.50. The molecule has 1 unspecified atom stereocenters. The van der Waals surface area contributed by atoms with Gasteiger partial charge in [0.25, 0.3) is 0 Å². The topological polar surface area (TPSA) is 9.23 Å². The highest BCUT2D eigenvalue weighted by Gasteiger charge is 2.02. The van der Waals surface area contributed by atoms with E-state index in [0.717, 1.165) is 22.2 Å². The lowest BCUT2D eigenvalue weighted by molar-refractivity contribution is 0.272. The van der Waals surface area contributed by atoms with E-state index in [-0.39, 0.29) is 0 Å². The van der Waals surface area contributed by atoms with Crippen molar-refractivity contribution in [2.75, 3.05) is 11.9 Å². The molecule has 0 radical (unpaired) electrons. The quantitative estimate of drug-likeness (QED) is 0.768. The van der Waals surface area contributed by atoms with Gasteiger partial charge < -0.3 is 4.74 Å². The molecule has 72 valence electrons. The average Bonchev–Trinajstić information content (AvgIpc) is 2.16. The van der Waals surface area contributed by atoms with Gasteiger partial charge in [0.05, 0.1) is 11.1 Å². The first-order chi connectivity index (χ1) is 6.24. The summed E-state index contributed by atoms with van der Waals surface area (Å²) in [4.78, 5) is 0. The first-order valence-electron chi connectivity index (χ1n) is 4.17. The highest BCUT2D eigenvalue weighted by molar-refractivity contribution is 9.10. The summed E-state index contributed by atoms with van der Waals surface area (Å²) < 4.78 is 6.62. The molecule has 1 atom stereocenters. The van der Waals surface area contributed by atoms with Crippen LogP contribution in [-0.4, -0.2) is 11.9 Å². The van der Waals surface area contributed by atoms with E-state index in [4.69, 9.17) is 4.74 Å². The van der Waals surface area contributed by atoms with E-state index >= 15 is 0 Å². The van der Waals surface area contributed by atoms with Crippen LogP contribution in [0.25, 0.3) is 0 Å². The summed E-state index contributed by atoms with van der Waals surface area (Å²) in [5.74, 6) is 1.45. The maximum atomic E-state index is 5.61. The molecule has 0 amide bonds. The lowest BCUT2D eigenvalue weighted by Gasteiger charge is -2.11. The summed E-state index contributed by atoms with van der Waals surface area (Å²) >= 11 is 6.85. The minimum atomic E-state index is 0.534. The van der Waals surface area contributed by atoms with E-state index in [1.807, 2.05) is 24.3 Å². The Kier molecular flexibility index (Phi) is 4.81. The van der Waals surface area contributed by atoms with E-state index in [2.05, 4.69) is 38.8 Å². The van der Waals surface area contributed by atoms with Gasteiger partial charge in [-0.05, 0) is 34.0 Å². The van der Waals surface area contributed by atoms with E-state index in [1.54, 1.807) is 0 Å². The van der Waals surface area contributed by atoms with Crippen LogP contribution in [0.5, 0.6) is 5.75 Å². The van der Waals surface area contributed by atoms with Crippen molar-refractivity contribution in [3.05, 3.63) is 28.7 Å². The molecule has 0 heterocycles. The highest BCUT2D eigenvalue weighted by Crippen LogP contribution is 2.24. The third kappa shape index (κ3) is 3.69. The number of ether oxygens (including phenoxy) is 1. The van der Waals surface area contributed by atoms with Crippen LogP contribution in [0, 0.1) is 5.92 Å². The first-order valence-corrected chi connectivity index (χ1v) is 6.08. The molecule has 1 nitrogen and oxygen atoms in total. The number of para-hydroxylation sites is 1. The van der Waals surface area contributed by atoms with Gasteiger partial charge in [-0.15, -0.1) is 0 Å². The molecular weight excluding hydrogens is 296 g/mol. The van der Waals surface area contributed by atoms with Crippen LogP contribution in [0.1, 0.15) is 6.92 Å². The minimum absolute atomic E-state index is 0.534. The van der Waals surface area contributed by atoms with Gasteiger partial charge in [0.2, 0.25) is 0 Å². The number of halogens is 2. The van der Waals surface area contributed by atoms with Crippen LogP contribution in [-0.2, 0) is 0 Å². The van der Waals surface area contributed by atoms with Crippen LogP contribution in [0.4, 0.5) is 0 Å². The zero-order valence-electron chi connectivity index (χ0n) is 7.47. The molecule has 0 aliphatic heterocycles.